The lowest BCUT2D eigenvalue weighted by atomic mass is 9.82. The highest BCUT2D eigenvalue weighted by molar-refractivity contribution is 5.24. The van der Waals surface area contributed by atoms with Crippen LogP contribution in [0.1, 0.15) is 44.4 Å². The summed E-state index contributed by atoms with van der Waals surface area (Å²) in [5.41, 5.74) is 1.49. The van der Waals surface area contributed by atoms with Crippen LogP contribution in [0.15, 0.2) is 18.3 Å². The van der Waals surface area contributed by atoms with Crippen molar-refractivity contribution in [2.45, 2.75) is 45.8 Å². The second-order valence-electron chi connectivity index (χ2n) is 5.51. The van der Waals surface area contributed by atoms with Crippen LogP contribution in [0.4, 0.5) is 0 Å². The molecule has 0 spiro atoms. The van der Waals surface area contributed by atoms with Crippen LogP contribution in [0.3, 0.4) is 0 Å². The zero-order valence-electron chi connectivity index (χ0n) is 11.1. The summed E-state index contributed by atoms with van der Waals surface area (Å²) in [5.74, 6) is 1.51. The molecule has 2 rings (SSSR count). The van der Waals surface area contributed by atoms with E-state index in [1.165, 1.54) is 6.42 Å². The predicted octanol–water partition coefficient (Wildman–Crippen LogP) is 3.29. The summed E-state index contributed by atoms with van der Waals surface area (Å²) >= 11 is 0. The van der Waals surface area contributed by atoms with Gasteiger partial charge in [0.25, 0.3) is 0 Å². The van der Waals surface area contributed by atoms with E-state index < -0.39 is 0 Å². The van der Waals surface area contributed by atoms with E-state index in [-0.39, 0.29) is 0 Å². The monoisotopic (exact) mass is 244 g/mol. The first-order valence-corrected chi connectivity index (χ1v) is 6.64. The molecular weight excluding hydrogens is 224 g/mol. The van der Waals surface area contributed by atoms with E-state index in [4.69, 9.17) is 10.00 Å². The zero-order valence-corrected chi connectivity index (χ0v) is 11.1. The number of aromatic nitrogens is 1. The molecule has 18 heavy (non-hydrogen) atoms. The Hall–Kier alpha value is -1.40. The normalized spacial score (nSPS) is 27.7. The third kappa shape index (κ3) is 3.54. The minimum atomic E-state index is 0.363. The smallest absolute Gasteiger partial charge is 0.140 e. The van der Waals surface area contributed by atoms with Crippen molar-refractivity contribution in [3.8, 4) is 6.07 Å². The van der Waals surface area contributed by atoms with E-state index in [1.54, 1.807) is 12.3 Å². The quantitative estimate of drug-likeness (QED) is 0.819. The third-order valence-electron chi connectivity index (χ3n) is 3.56. The molecule has 1 saturated carbocycles. The van der Waals surface area contributed by atoms with E-state index in [9.17, 15) is 0 Å². The number of pyridine rings is 1. The number of hydrogen-bond donors (Lipinski definition) is 0. The van der Waals surface area contributed by atoms with Crippen molar-refractivity contribution in [3.05, 3.63) is 29.6 Å². The fourth-order valence-electron chi connectivity index (χ4n) is 2.85. The van der Waals surface area contributed by atoms with Gasteiger partial charge in [0.15, 0.2) is 0 Å². The van der Waals surface area contributed by atoms with E-state index >= 15 is 0 Å². The summed E-state index contributed by atoms with van der Waals surface area (Å²) in [6.07, 6.45) is 5.65. The summed E-state index contributed by atoms with van der Waals surface area (Å²) in [6.45, 7) is 5.18. The summed E-state index contributed by atoms with van der Waals surface area (Å²) in [6, 6.07) is 5.77. The van der Waals surface area contributed by atoms with Crippen molar-refractivity contribution in [1.82, 2.24) is 4.98 Å². The van der Waals surface area contributed by atoms with Gasteiger partial charge in [-0.2, -0.15) is 5.26 Å². The maximum Gasteiger partial charge on any atom is 0.140 e. The van der Waals surface area contributed by atoms with Crippen molar-refractivity contribution in [1.29, 1.82) is 5.26 Å². The lowest BCUT2D eigenvalue weighted by molar-refractivity contribution is -0.00918. The minimum Gasteiger partial charge on any atom is -0.374 e. The Kier molecular flexibility index (Phi) is 4.33. The maximum absolute atomic E-state index is 8.80. The van der Waals surface area contributed by atoms with Gasteiger partial charge < -0.3 is 4.74 Å². The molecule has 0 amide bonds. The Labute approximate surface area is 109 Å². The fraction of sp³-hybridized carbons (Fsp3) is 0.600. The lowest BCUT2D eigenvalue weighted by Gasteiger charge is -2.31. The summed E-state index contributed by atoms with van der Waals surface area (Å²) in [5, 5.41) is 8.80. The topological polar surface area (TPSA) is 45.9 Å². The van der Waals surface area contributed by atoms with Gasteiger partial charge in [-0.15, -0.1) is 0 Å². The van der Waals surface area contributed by atoms with Gasteiger partial charge in [-0.05, 0) is 48.8 Å². The van der Waals surface area contributed by atoms with Crippen molar-refractivity contribution >= 4 is 0 Å². The average Bonchev–Trinajstić information content (AvgIpc) is 2.35. The standard InChI is InChI=1S/C15H20N2O/c1-11-5-12(2)7-15(6-11)18-10-13-3-4-17-14(8-13)9-16/h3-4,8,11-12,15H,5-7,10H2,1-2H3. The Bertz CT molecular complexity index is 428. The molecule has 0 N–H and O–H groups in total. The minimum absolute atomic E-state index is 0.363. The van der Waals surface area contributed by atoms with Crippen molar-refractivity contribution in [3.63, 3.8) is 0 Å². The Morgan fingerprint density at radius 2 is 2.06 bits per heavy atom. The number of rotatable bonds is 3. The van der Waals surface area contributed by atoms with E-state index in [2.05, 4.69) is 24.9 Å². The highest BCUT2D eigenvalue weighted by Gasteiger charge is 2.24. The zero-order chi connectivity index (χ0) is 13.0. The number of ether oxygens (including phenoxy) is 1. The molecule has 1 fully saturated rings. The van der Waals surface area contributed by atoms with Crippen LogP contribution >= 0.6 is 0 Å². The van der Waals surface area contributed by atoms with Gasteiger partial charge in [0.2, 0.25) is 0 Å². The van der Waals surface area contributed by atoms with Gasteiger partial charge >= 0.3 is 0 Å². The van der Waals surface area contributed by atoms with Crippen LogP contribution in [0.5, 0.6) is 0 Å². The first-order chi connectivity index (χ1) is 8.67. The molecule has 2 unspecified atom stereocenters. The molecule has 1 aliphatic rings. The SMILES string of the molecule is CC1CC(C)CC(OCc2ccnc(C#N)c2)C1. The van der Waals surface area contributed by atoms with Crippen LogP contribution in [0.2, 0.25) is 0 Å². The van der Waals surface area contributed by atoms with E-state index in [0.717, 1.165) is 30.2 Å². The van der Waals surface area contributed by atoms with Crippen molar-refractivity contribution < 1.29 is 4.74 Å². The molecule has 1 aromatic heterocycles. The summed E-state index contributed by atoms with van der Waals surface area (Å²) < 4.78 is 5.97. The van der Waals surface area contributed by atoms with Crippen LogP contribution < -0.4 is 0 Å². The fourth-order valence-corrected chi connectivity index (χ4v) is 2.85. The maximum atomic E-state index is 8.80. The van der Waals surface area contributed by atoms with Gasteiger partial charge in [0.05, 0.1) is 12.7 Å². The molecule has 0 radical (unpaired) electrons. The van der Waals surface area contributed by atoms with Crippen LogP contribution in [0, 0.1) is 23.2 Å². The number of nitrogens with zero attached hydrogens (tertiary/aromatic N) is 2. The largest absolute Gasteiger partial charge is 0.374 e. The molecule has 3 heteroatoms. The molecule has 0 saturated heterocycles. The second kappa shape index (κ2) is 5.97. The second-order valence-corrected chi connectivity index (χ2v) is 5.51. The average molecular weight is 244 g/mol. The molecule has 1 aromatic rings. The van der Waals surface area contributed by atoms with Crippen LogP contribution in [-0.2, 0) is 11.3 Å². The van der Waals surface area contributed by atoms with E-state index in [1.807, 2.05) is 6.07 Å². The Balaban J connectivity index is 1.89. The first-order valence-electron chi connectivity index (χ1n) is 6.64. The third-order valence-corrected chi connectivity index (χ3v) is 3.56. The molecule has 1 heterocycles. The lowest BCUT2D eigenvalue weighted by Crippen LogP contribution is -2.26. The van der Waals surface area contributed by atoms with Gasteiger partial charge in [-0.3, -0.25) is 0 Å². The Morgan fingerprint density at radius 3 is 2.72 bits per heavy atom. The molecule has 1 aliphatic carbocycles. The summed E-state index contributed by atoms with van der Waals surface area (Å²) in [4.78, 5) is 3.96. The summed E-state index contributed by atoms with van der Waals surface area (Å²) in [7, 11) is 0. The number of nitriles is 1. The van der Waals surface area contributed by atoms with E-state index in [0.29, 0.717) is 18.4 Å². The van der Waals surface area contributed by atoms with Gasteiger partial charge in [0.1, 0.15) is 11.8 Å². The van der Waals surface area contributed by atoms with Crippen molar-refractivity contribution in [2.24, 2.45) is 11.8 Å². The highest BCUT2D eigenvalue weighted by atomic mass is 16.5. The molecule has 0 aromatic carbocycles. The first kappa shape index (κ1) is 13.0. The van der Waals surface area contributed by atoms with Gasteiger partial charge in [0, 0.05) is 6.20 Å². The van der Waals surface area contributed by atoms with Crippen LogP contribution in [-0.4, -0.2) is 11.1 Å². The number of hydrogen-bond acceptors (Lipinski definition) is 3. The molecule has 3 nitrogen and oxygen atoms in total. The Morgan fingerprint density at radius 1 is 1.33 bits per heavy atom. The van der Waals surface area contributed by atoms with Crippen molar-refractivity contribution in [2.75, 3.05) is 0 Å². The highest BCUT2D eigenvalue weighted by Crippen LogP contribution is 2.30. The van der Waals surface area contributed by atoms with Gasteiger partial charge in [-0.25, -0.2) is 4.98 Å². The molecule has 2 atom stereocenters. The molecule has 96 valence electrons. The molecular formula is C15H20N2O. The predicted molar refractivity (Wildman–Crippen MR) is 69.7 cm³/mol. The van der Waals surface area contributed by atoms with Gasteiger partial charge in [-0.1, -0.05) is 13.8 Å². The molecule has 0 aliphatic heterocycles. The molecule has 0 bridgehead atoms. The van der Waals surface area contributed by atoms with Crippen LogP contribution in [0.25, 0.3) is 0 Å².